The molecule has 0 unspecified atom stereocenters. The number of ether oxygens (including phenoxy) is 2. The Morgan fingerprint density at radius 2 is 1.59 bits per heavy atom. The predicted octanol–water partition coefficient (Wildman–Crippen LogP) is 2.54. The largest absolute Gasteiger partial charge is 0.465 e. The van der Waals surface area contributed by atoms with Crippen molar-refractivity contribution in [3.05, 3.63) is 65.7 Å². The molecule has 2 amide bonds. The van der Waals surface area contributed by atoms with Crippen LogP contribution in [0.4, 0.5) is 5.69 Å². The average Bonchev–Trinajstić information content (AvgIpc) is 2.83. The van der Waals surface area contributed by atoms with Crippen molar-refractivity contribution in [2.45, 2.75) is 25.2 Å². The highest BCUT2D eigenvalue weighted by molar-refractivity contribution is 5.95. The van der Waals surface area contributed by atoms with Gasteiger partial charge in [-0.15, -0.1) is 0 Å². The third-order valence-electron chi connectivity index (χ3n) is 5.70. The molecule has 2 aromatic carbocycles. The Balaban J connectivity index is 1.64. The number of methoxy groups -OCH3 is 1. The van der Waals surface area contributed by atoms with Gasteiger partial charge in [0.25, 0.3) is 5.91 Å². The van der Waals surface area contributed by atoms with Crippen LogP contribution in [0.3, 0.4) is 0 Å². The maximum absolute atomic E-state index is 13.1. The lowest BCUT2D eigenvalue weighted by Gasteiger charge is -2.40. The Labute approximate surface area is 186 Å². The molecule has 0 spiro atoms. The Bertz CT molecular complexity index is 979. The first-order valence-corrected chi connectivity index (χ1v) is 10.3. The minimum absolute atomic E-state index is 0.0300. The molecule has 0 radical (unpaired) electrons. The highest BCUT2D eigenvalue weighted by Crippen LogP contribution is 2.37. The number of hydrogen-bond acceptors (Lipinski definition) is 6. The molecule has 2 aromatic rings. The second-order valence-electron chi connectivity index (χ2n) is 7.65. The van der Waals surface area contributed by atoms with Gasteiger partial charge in [0.2, 0.25) is 5.91 Å². The molecule has 0 atom stereocenters. The number of benzene rings is 2. The molecule has 168 valence electrons. The maximum atomic E-state index is 13.1. The molecule has 1 aliphatic rings. The number of anilines is 1. The molecule has 0 aromatic heterocycles. The van der Waals surface area contributed by atoms with E-state index in [4.69, 9.17) is 4.74 Å². The van der Waals surface area contributed by atoms with Crippen molar-refractivity contribution in [1.29, 1.82) is 0 Å². The van der Waals surface area contributed by atoms with Crippen LogP contribution in [-0.2, 0) is 29.3 Å². The summed E-state index contributed by atoms with van der Waals surface area (Å²) in [7, 11) is 1.29. The molecular formula is C24H26N2O6. The number of likely N-dealkylation sites (tertiary alicyclic amines) is 1. The summed E-state index contributed by atoms with van der Waals surface area (Å²) >= 11 is 0. The summed E-state index contributed by atoms with van der Waals surface area (Å²) in [6.45, 7) is 1.95. The van der Waals surface area contributed by atoms with E-state index in [1.54, 1.807) is 17.0 Å². The van der Waals surface area contributed by atoms with Crippen molar-refractivity contribution in [2.24, 2.45) is 0 Å². The van der Waals surface area contributed by atoms with Gasteiger partial charge in [0, 0.05) is 25.7 Å². The number of rotatable bonds is 6. The highest BCUT2D eigenvalue weighted by atomic mass is 16.5. The highest BCUT2D eigenvalue weighted by Gasteiger charge is 2.44. The SMILES string of the molecule is COC(=O)c1ccc(NC(=O)COC(=O)C2(c3ccccc3)CCN(C(C)=O)CC2)cc1. The first-order valence-electron chi connectivity index (χ1n) is 10.3. The molecular weight excluding hydrogens is 412 g/mol. The molecule has 0 bridgehead atoms. The monoisotopic (exact) mass is 438 g/mol. The van der Waals surface area contributed by atoms with Gasteiger partial charge >= 0.3 is 11.9 Å². The summed E-state index contributed by atoms with van der Waals surface area (Å²) in [4.78, 5) is 50.4. The number of nitrogens with zero attached hydrogens (tertiary/aromatic N) is 1. The Morgan fingerprint density at radius 3 is 2.16 bits per heavy atom. The quantitative estimate of drug-likeness (QED) is 0.696. The zero-order valence-electron chi connectivity index (χ0n) is 18.1. The molecule has 1 N–H and O–H groups in total. The third kappa shape index (κ3) is 5.14. The van der Waals surface area contributed by atoms with Crippen molar-refractivity contribution in [3.63, 3.8) is 0 Å². The number of nitrogens with one attached hydrogen (secondary N) is 1. The fraction of sp³-hybridized carbons (Fsp3) is 0.333. The lowest BCUT2D eigenvalue weighted by atomic mass is 9.72. The van der Waals surface area contributed by atoms with Crippen molar-refractivity contribution in [3.8, 4) is 0 Å². The number of carbonyl (C=O) groups excluding carboxylic acids is 4. The van der Waals surface area contributed by atoms with Crippen LogP contribution in [0.15, 0.2) is 54.6 Å². The first-order chi connectivity index (χ1) is 15.4. The number of carbonyl (C=O) groups is 4. The van der Waals surface area contributed by atoms with Crippen LogP contribution in [0.5, 0.6) is 0 Å². The van der Waals surface area contributed by atoms with Crippen LogP contribution in [0.25, 0.3) is 0 Å². The Morgan fingerprint density at radius 1 is 0.969 bits per heavy atom. The van der Waals surface area contributed by atoms with E-state index in [2.05, 4.69) is 10.1 Å². The molecule has 0 saturated carbocycles. The van der Waals surface area contributed by atoms with E-state index in [0.717, 1.165) is 5.56 Å². The second-order valence-corrected chi connectivity index (χ2v) is 7.65. The van der Waals surface area contributed by atoms with Gasteiger partial charge in [-0.3, -0.25) is 14.4 Å². The molecule has 8 heteroatoms. The van der Waals surface area contributed by atoms with Crippen LogP contribution in [-0.4, -0.2) is 55.5 Å². The first kappa shape index (κ1) is 23.0. The summed E-state index contributed by atoms with van der Waals surface area (Å²) in [5.41, 5.74) is 0.729. The number of esters is 2. The fourth-order valence-electron chi connectivity index (χ4n) is 3.84. The van der Waals surface area contributed by atoms with Crippen molar-refractivity contribution < 1.29 is 28.7 Å². The number of hydrogen-bond donors (Lipinski definition) is 1. The van der Waals surface area contributed by atoms with Gasteiger partial charge in [0.15, 0.2) is 6.61 Å². The molecule has 1 fully saturated rings. The van der Waals surface area contributed by atoms with Gasteiger partial charge in [0.1, 0.15) is 0 Å². The Kier molecular flexibility index (Phi) is 7.25. The van der Waals surface area contributed by atoms with Gasteiger partial charge in [-0.1, -0.05) is 30.3 Å². The zero-order chi connectivity index (χ0) is 23.1. The van der Waals surface area contributed by atoms with Gasteiger partial charge < -0.3 is 19.7 Å². The molecule has 1 saturated heterocycles. The minimum Gasteiger partial charge on any atom is -0.465 e. The van der Waals surface area contributed by atoms with E-state index >= 15 is 0 Å². The zero-order valence-corrected chi connectivity index (χ0v) is 18.1. The molecule has 8 nitrogen and oxygen atoms in total. The van der Waals surface area contributed by atoms with Crippen molar-refractivity contribution in [1.82, 2.24) is 4.90 Å². The topological polar surface area (TPSA) is 102 Å². The summed E-state index contributed by atoms with van der Waals surface area (Å²) < 4.78 is 10.1. The van der Waals surface area contributed by atoms with Crippen LogP contribution >= 0.6 is 0 Å². The van der Waals surface area contributed by atoms with Crippen molar-refractivity contribution >= 4 is 29.4 Å². The standard InChI is InChI=1S/C24H26N2O6/c1-17(27)26-14-12-24(13-15-26,19-6-4-3-5-7-19)23(30)32-16-21(28)25-20-10-8-18(9-11-20)22(29)31-2/h3-11H,12-16H2,1-2H3,(H,25,28). The van der Waals surface area contributed by atoms with Crippen LogP contribution in [0.2, 0.25) is 0 Å². The number of amides is 2. The molecule has 1 aliphatic heterocycles. The molecule has 3 rings (SSSR count). The van der Waals surface area contributed by atoms with Gasteiger partial charge in [-0.2, -0.15) is 0 Å². The number of piperidine rings is 1. The van der Waals surface area contributed by atoms with Gasteiger partial charge in [-0.05, 0) is 42.7 Å². The van der Waals surface area contributed by atoms with Crippen LogP contribution < -0.4 is 5.32 Å². The summed E-state index contributed by atoms with van der Waals surface area (Å²) in [5, 5.41) is 2.64. The maximum Gasteiger partial charge on any atom is 0.337 e. The summed E-state index contributed by atoms with van der Waals surface area (Å²) in [6.07, 6.45) is 0.845. The normalized spacial score (nSPS) is 14.9. The average molecular weight is 438 g/mol. The fourth-order valence-corrected chi connectivity index (χ4v) is 3.84. The van der Waals surface area contributed by atoms with E-state index in [9.17, 15) is 19.2 Å². The van der Waals surface area contributed by atoms with Crippen molar-refractivity contribution in [2.75, 3.05) is 32.1 Å². The lowest BCUT2D eigenvalue weighted by Crippen LogP contribution is -2.49. The minimum atomic E-state index is -0.907. The molecule has 1 heterocycles. The van der Waals surface area contributed by atoms with E-state index in [1.165, 1.54) is 26.2 Å². The van der Waals surface area contributed by atoms with E-state index in [1.807, 2.05) is 30.3 Å². The van der Waals surface area contributed by atoms with E-state index < -0.39 is 29.9 Å². The molecule has 0 aliphatic carbocycles. The van der Waals surface area contributed by atoms with E-state index in [-0.39, 0.29) is 5.91 Å². The summed E-state index contributed by atoms with van der Waals surface area (Å²) in [5.74, 6) is -1.48. The molecule has 32 heavy (non-hydrogen) atoms. The lowest BCUT2D eigenvalue weighted by molar-refractivity contribution is -0.156. The van der Waals surface area contributed by atoms with Crippen LogP contribution in [0.1, 0.15) is 35.7 Å². The third-order valence-corrected chi connectivity index (χ3v) is 5.70. The van der Waals surface area contributed by atoms with Gasteiger partial charge in [0.05, 0.1) is 18.1 Å². The van der Waals surface area contributed by atoms with Gasteiger partial charge in [-0.25, -0.2) is 4.79 Å². The Hall–Kier alpha value is -3.68. The smallest absolute Gasteiger partial charge is 0.337 e. The van der Waals surface area contributed by atoms with E-state index in [0.29, 0.717) is 37.2 Å². The van der Waals surface area contributed by atoms with Crippen LogP contribution in [0, 0.1) is 0 Å². The predicted molar refractivity (Wildman–Crippen MR) is 117 cm³/mol. The summed E-state index contributed by atoms with van der Waals surface area (Å²) in [6, 6.07) is 15.5. The second kappa shape index (κ2) is 10.1.